The Morgan fingerprint density at radius 3 is 1.92 bits per heavy atom. The molecule has 0 bridgehead atoms. The molecule has 0 N–H and O–H groups in total. The maximum absolute atomic E-state index is 13.1. The molecule has 0 aromatic heterocycles. The van der Waals surface area contributed by atoms with E-state index in [-0.39, 0.29) is 39.6 Å². The topological polar surface area (TPSA) is 40.1 Å². The maximum Gasteiger partial charge on any atom is 1.00 e. The number of halogens is 9. The largest absolute Gasteiger partial charge is 1.00 e. The van der Waals surface area contributed by atoms with Gasteiger partial charge in [0.1, 0.15) is 0 Å². The fourth-order valence-electron chi connectivity index (χ4n) is 1.28. The molecule has 12 heteroatoms. The van der Waals surface area contributed by atoms with Crippen molar-refractivity contribution < 1.29 is 70.2 Å². The second kappa shape index (κ2) is 7.82. The average Bonchev–Trinajstić information content (AvgIpc) is 2.40. The van der Waals surface area contributed by atoms with Gasteiger partial charge >= 0.3 is 47.6 Å². The molecule has 0 amide bonds. The Morgan fingerprint density at radius 1 is 1.00 bits per heavy atom. The summed E-state index contributed by atoms with van der Waals surface area (Å²) in [5.74, 6) is -17.3. The van der Waals surface area contributed by atoms with E-state index in [4.69, 9.17) is 23.2 Å². The van der Waals surface area contributed by atoms with Crippen molar-refractivity contribution in [2.75, 3.05) is 0 Å². The molecule has 0 aliphatic heterocycles. The number of benzene rings is 1. The minimum atomic E-state index is -6.67. The zero-order valence-electron chi connectivity index (χ0n) is 11.5. The first-order valence-corrected chi connectivity index (χ1v) is 6.18. The molecule has 0 radical (unpaired) electrons. The number of ketones is 1. The van der Waals surface area contributed by atoms with Gasteiger partial charge in [0.05, 0.1) is 10.0 Å². The van der Waals surface area contributed by atoms with Gasteiger partial charge in [-0.25, -0.2) is 0 Å². The predicted octanol–water partition coefficient (Wildman–Crippen LogP) is 1.10. The molecule has 0 heterocycles. The van der Waals surface area contributed by atoms with E-state index in [1.165, 1.54) is 0 Å². The quantitative estimate of drug-likeness (QED) is 0.325. The Bertz CT molecular complexity index is 659. The standard InChI is InChI=1S/C12H5Cl2F7O2.Na/c13-6-2-1-5(3-7(6)14)8(22)4-9(23)10(15,16)11(17,18)12(19,20)21;/h1-4,22H;/q;+1/p-1/b8-4-;. The van der Waals surface area contributed by atoms with E-state index >= 15 is 0 Å². The Balaban J connectivity index is 0.00000529. The Morgan fingerprint density at radius 2 is 1.50 bits per heavy atom. The van der Waals surface area contributed by atoms with Gasteiger partial charge in [-0.3, -0.25) is 4.79 Å². The van der Waals surface area contributed by atoms with Crippen molar-refractivity contribution in [3.63, 3.8) is 0 Å². The van der Waals surface area contributed by atoms with Gasteiger partial charge in [-0.05, 0) is 23.8 Å². The number of hydrogen-bond donors (Lipinski definition) is 0. The van der Waals surface area contributed by atoms with Crippen LogP contribution in [0.2, 0.25) is 10.0 Å². The normalized spacial score (nSPS) is 13.5. The minimum absolute atomic E-state index is 0. The molecule has 0 aliphatic rings. The maximum atomic E-state index is 13.1. The van der Waals surface area contributed by atoms with E-state index in [0.29, 0.717) is 0 Å². The van der Waals surface area contributed by atoms with Crippen LogP contribution in [0.3, 0.4) is 0 Å². The molecule has 0 spiro atoms. The van der Waals surface area contributed by atoms with Crippen LogP contribution in [0, 0.1) is 0 Å². The van der Waals surface area contributed by atoms with Crippen LogP contribution in [0.1, 0.15) is 5.56 Å². The molecule has 0 saturated carbocycles. The second-order valence-corrected chi connectivity index (χ2v) is 4.96. The summed E-state index contributed by atoms with van der Waals surface area (Å²) in [7, 11) is 0. The zero-order valence-corrected chi connectivity index (χ0v) is 15.0. The van der Waals surface area contributed by atoms with Gasteiger partial charge in [0.15, 0.2) is 0 Å². The van der Waals surface area contributed by atoms with Crippen LogP contribution in [0.15, 0.2) is 24.3 Å². The van der Waals surface area contributed by atoms with E-state index in [1.54, 1.807) is 0 Å². The van der Waals surface area contributed by atoms with E-state index in [9.17, 15) is 40.6 Å². The van der Waals surface area contributed by atoms with E-state index < -0.39 is 41.2 Å². The summed E-state index contributed by atoms with van der Waals surface area (Å²) in [5, 5.41) is 11.2. The van der Waals surface area contributed by atoms with E-state index in [0.717, 1.165) is 18.2 Å². The van der Waals surface area contributed by atoms with Gasteiger partial charge in [0, 0.05) is 0 Å². The Hall–Kier alpha value is -0.480. The molecule has 1 aromatic rings. The minimum Gasteiger partial charge on any atom is -0.872 e. The monoisotopic (exact) mass is 406 g/mol. The smallest absolute Gasteiger partial charge is 0.872 e. The van der Waals surface area contributed by atoms with Gasteiger partial charge in [-0.1, -0.05) is 35.0 Å². The first-order chi connectivity index (χ1) is 10.2. The van der Waals surface area contributed by atoms with Crippen LogP contribution in [0.5, 0.6) is 0 Å². The number of carbonyl (C=O) groups is 1. The molecule has 128 valence electrons. The van der Waals surface area contributed by atoms with Crippen molar-refractivity contribution in [3.8, 4) is 0 Å². The van der Waals surface area contributed by atoms with Crippen LogP contribution in [-0.4, -0.2) is 23.8 Å². The first-order valence-electron chi connectivity index (χ1n) is 5.42. The van der Waals surface area contributed by atoms with Gasteiger partial charge in [0.2, 0.25) is 5.78 Å². The van der Waals surface area contributed by atoms with E-state index in [1.807, 2.05) is 0 Å². The molecule has 0 fully saturated rings. The number of alkyl halides is 7. The summed E-state index contributed by atoms with van der Waals surface area (Å²) >= 11 is 11.0. The predicted molar refractivity (Wildman–Crippen MR) is 65.4 cm³/mol. The number of carbonyl (C=O) groups excluding carboxylic acids is 1. The number of hydrogen-bond acceptors (Lipinski definition) is 2. The van der Waals surface area contributed by atoms with Gasteiger partial charge in [-0.2, -0.15) is 30.7 Å². The second-order valence-electron chi connectivity index (χ2n) is 4.15. The van der Waals surface area contributed by atoms with Gasteiger partial charge < -0.3 is 5.11 Å². The Labute approximate surface area is 162 Å². The summed E-state index contributed by atoms with van der Waals surface area (Å²) in [4.78, 5) is 11.0. The zero-order chi connectivity index (χ0) is 18.2. The molecule has 24 heavy (non-hydrogen) atoms. The molecule has 1 rings (SSSR count). The third-order valence-electron chi connectivity index (χ3n) is 2.53. The van der Waals surface area contributed by atoms with Crippen molar-refractivity contribution in [3.05, 3.63) is 39.9 Å². The molecular weight excluding hydrogens is 403 g/mol. The van der Waals surface area contributed by atoms with Crippen molar-refractivity contribution in [2.45, 2.75) is 18.0 Å². The van der Waals surface area contributed by atoms with Crippen LogP contribution in [-0.2, 0) is 4.79 Å². The molecule has 0 saturated heterocycles. The molecule has 0 atom stereocenters. The van der Waals surface area contributed by atoms with Crippen molar-refractivity contribution in [1.29, 1.82) is 0 Å². The van der Waals surface area contributed by atoms with Crippen LogP contribution >= 0.6 is 23.2 Å². The Kier molecular flexibility index (Phi) is 7.66. The van der Waals surface area contributed by atoms with Crippen LogP contribution in [0.25, 0.3) is 5.76 Å². The van der Waals surface area contributed by atoms with E-state index in [2.05, 4.69) is 0 Å². The third kappa shape index (κ3) is 4.57. The summed E-state index contributed by atoms with van der Waals surface area (Å²) in [6.45, 7) is 0. The molecule has 0 unspecified atom stereocenters. The molecule has 2 nitrogen and oxygen atoms in total. The number of allylic oxidation sites excluding steroid dienone is 1. The van der Waals surface area contributed by atoms with Crippen molar-refractivity contribution in [2.24, 2.45) is 0 Å². The summed E-state index contributed by atoms with van der Waals surface area (Å²) in [6, 6.07) is 2.79. The molecule has 0 aliphatic carbocycles. The fourth-order valence-corrected chi connectivity index (χ4v) is 1.57. The fraction of sp³-hybridized carbons (Fsp3) is 0.250. The molecular formula is C12H4Cl2F7NaO2. The summed E-state index contributed by atoms with van der Waals surface area (Å²) in [5.41, 5.74) is -0.501. The first kappa shape index (κ1) is 23.5. The van der Waals surface area contributed by atoms with Gasteiger partial charge in [0.25, 0.3) is 0 Å². The number of rotatable bonds is 4. The summed E-state index contributed by atoms with van der Waals surface area (Å²) < 4.78 is 87.2. The summed E-state index contributed by atoms with van der Waals surface area (Å²) in [6.07, 6.45) is -7.23. The van der Waals surface area contributed by atoms with Crippen LogP contribution < -0.4 is 34.7 Å². The molecule has 1 aromatic carbocycles. The van der Waals surface area contributed by atoms with Crippen molar-refractivity contribution >= 4 is 34.7 Å². The van der Waals surface area contributed by atoms with Crippen molar-refractivity contribution in [1.82, 2.24) is 0 Å². The third-order valence-corrected chi connectivity index (χ3v) is 3.27. The SMILES string of the molecule is O=C(/C=C(\[O-])c1ccc(Cl)c(Cl)c1)C(F)(F)C(F)(F)C(F)(F)F.[Na+]. The van der Waals surface area contributed by atoms with Gasteiger partial charge in [-0.15, -0.1) is 0 Å². The average molecular weight is 407 g/mol. The van der Waals surface area contributed by atoms with Crippen LogP contribution in [0.4, 0.5) is 30.7 Å².